The lowest BCUT2D eigenvalue weighted by Crippen LogP contribution is -2.27. The molecule has 0 radical (unpaired) electrons. The molecule has 0 bridgehead atoms. The maximum atomic E-state index is 12.3. The van der Waals surface area contributed by atoms with Crippen molar-refractivity contribution in [1.82, 2.24) is 4.72 Å². The van der Waals surface area contributed by atoms with Crippen molar-refractivity contribution in [3.8, 4) is 0 Å². The molecule has 0 amide bonds. The molecule has 0 aliphatic carbocycles. The molecule has 0 aromatic heterocycles. The van der Waals surface area contributed by atoms with E-state index in [1.807, 2.05) is 37.3 Å². The second kappa shape index (κ2) is 6.89. The highest BCUT2D eigenvalue weighted by Gasteiger charge is 2.20. The van der Waals surface area contributed by atoms with Gasteiger partial charge in [-0.05, 0) is 24.5 Å². The molecule has 0 saturated carbocycles. The zero-order valence-electron chi connectivity index (χ0n) is 12.9. The third-order valence-electron chi connectivity index (χ3n) is 3.64. The summed E-state index contributed by atoms with van der Waals surface area (Å²) in [6.45, 7) is 3.70. The highest BCUT2D eigenvalue weighted by molar-refractivity contribution is 7.89. The normalized spacial score (nSPS) is 12.8. The van der Waals surface area contributed by atoms with Crippen LogP contribution >= 0.6 is 0 Å². The lowest BCUT2D eigenvalue weighted by Gasteiger charge is -2.13. The van der Waals surface area contributed by atoms with Gasteiger partial charge in [-0.3, -0.25) is 10.1 Å². The summed E-state index contributed by atoms with van der Waals surface area (Å²) in [5, 5.41) is 10.9. The fourth-order valence-electron chi connectivity index (χ4n) is 2.17. The molecule has 2 rings (SSSR count). The molecule has 0 aliphatic rings. The van der Waals surface area contributed by atoms with Crippen LogP contribution in [0.15, 0.2) is 53.4 Å². The SMILES string of the molecule is Cc1ccc(S(=O)(=O)NC[C@@H](C)c2ccccc2)cc1[N+](=O)[O-]. The van der Waals surface area contributed by atoms with Crippen molar-refractivity contribution >= 4 is 15.7 Å². The summed E-state index contributed by atoms with van der Waals surface area (Å²) >= 11 is 0. The van der Waals surface area contributed by atoms with Gasteiger partial charge in [0.25, 0.3) is 5.69 Å². The molecule has 1 atom stereocenters. The molecule has 0 spiro atoms. The van der Waals surface area contributed by atoms with E-state index in [4.69, 9.17) is 0 Å². The fourth-order valence-corrected chi connectivity index (χ4v) is 3.32. The molecule has 7 heteroatoms. The Labute approximate surface area is 135 Å². The molecular weight excluding hydrogens is 316 g/mol. The Bertz CT molecular complexity index is 804. The van der Waals surface area contributed by atoms with E-state index >= 15 is 0 Å². The maximum absolute atomic E-state index is 12.3. The lowest BCUT2D eigenvalue weighted by atomic mass is 10.0. The molecule has 6 nitrogen and oxygen atoms in total. The summed E-state index contributed by atoms with van der Waals surface area (Å²) in [5.74, 6) is -0.00795. The predicted molar refractivity (Wildman–Crippen MR) is 87.9 cm³/mol. The van der Waals surface area contributed by atoms with Crippen molar-refractivity contribution in [3.63, 3.8) is 0 Å². The van der Waals surface area contributed by atoms with E-state index < -0.39 is 14.9 Å². The van der Waals surface area contributed by atoms with Crippen LogP contribution in [0.5, 0.6) is 0 Å². The predicted octanol–water partition coefficient (Wildman–Crippen LogP) is 2.99. The quantitative estimate of drug-likeness (QED) is 0.649. The monoisotopic (exact) mass is 334 g/mol. The van der Waals surface area contributed by atoms with Gasteiger partial charge in [-0.15, -0.1) is 0 Å². The molecular formula is C16H18N2O4S. The Balaban J connectivity index is 2.16. The molecule has 0 heterocycles. The Morgan fingerprint density at radius 2 is 1.83 bits per heavy atom. The highest BCUT2D eigenvalue weighted by Crippen LogP contribution is 2.22. The average Bonchev–Trinajstić information content (AvgIpc) is 2.53. The number of benzene rings is 2. The second-order valence-corrected chi connectivity index (χ2v) is 7.14. The van der Waals surface area contributed by atoms with Gasteiger partial charge in [-0.2, -0.15) is 0 Å². The third-order valence-corrected chi connectivity index (χ3v) is 5.06. The number of hydrogen-bond donors (Lipinski definition) is 1. The van der Waals surface area contributed by atoms with Gasteiger partial charge in [0.05, 0.1) is 9.82 Å². The molecule has 122 valence electrons. The van der Waals surface area contributed by atoms with E-state index in [9.17, 15) is 18.5 Å². The summed E-state index contributed by atoms with van der Waals surface area (Å²) < 4.78 is 27.1. The minimum atomic E-state index is -3.79. The lowest BCUT2D eigenvalue weighted by molar-refractivity contribution is -0.385. The molecule has 2 aromatic rings. The van der Waals surface area contributed by atoms with Gasteiger partial charge >= 0.3 is 0 Å². The number of aryl methyl sites for hydroxylation is 1. The van der Waals surface area contributed by atoms with Crippen molar-refractivity contribution in [2.45, 2.75) is 24.7 Å². The largest absolute Gasteiger partial charge is 0.273 e. The third kappa shape index (κ3) is 4.14. The molecule has 0 fully saturated rings. The molecule has 23 heavy (non-hydrogen) atoms. The van der Waals surface area contributed by atoms with Gasteiger partial charge in [0.15, 0.2) is 0 Å². The van der Waals surface area contributed by atoms with Crippen LogP contribution in [0.25, 0.3) is 0 Å². The van der Waals surface area contributed by atoms with Gasteiger partial charge < -0.3 is 0 Å². The zero-order valence-corrected chi connectivity index (χ0v) is 13.7. The minimum absolute atomic E-state index is 0.00795. The molecule has 2 aromatic carbocycles. The number of hydrogen-bond acceptors (Lipinski definition) is 4. The average molecular weight is 334 g/mol. The Morgan fingerprint density at radius 1 is 1.17 bits per heavy atom. The van der Waals surface area contributed by atoms with Crippen LogP contribution in [-0.2, 0) is 10.0 Å². The van der Waals surface area contributed by atoms with Crippen LogP contribution in [0, 0.1) is 17.0 Å². The van der Waals surface area contributed by atoms with Crippen molar-refractivity contribution < 1.29 is 13.3 Å². The number of sulfonamides is 1. The van der Waals surface area contributed by atoms with E-state index in [1.165, 1.54) is 12.1 Å². The summed E-state index contributed by atoms with van der Waals surface area (Å²) in [5.41, 5.74) is 1.24. The van der Waals surface area contributed by atoms with Gasteiger partial charge in [-0.25, -0.2) is 13.1 Å². The van der Waals surface area contributed by atoms with E-state index in [-0.39, 0.29) is 23.0 Å². The van der Waals surface area contributed by atoms with Gasteiger partial charge in [0.2, 0.25) is 10.0 Å². The Morgan fingerprint density at radius 3 is 2.43 bits per heavy atom. The van der Waals surface area contributed by atoms with Crippen LogP contribution in [0.4, 0.5) is 5.69 Å². The van der Waals surface area contributed by atoms with Crippen LogP contribution in [-0.4, -0.2) is 19.9 Å². The van der Waals surface area contributed by atoms with Crippen LogP contribution in [0.1, 0.15) is 24.0 Å². The summed E-state index contributed by atoms with van der Waals surface area (Å²) in [7, 11) is -3.79. The standard InChI is InChI=1S/C16H18N2O4S/c1-12-8-9-15(10-16(12)18(19)20)23(21,22)17-11-13(2)14-6-4-3-5-7-14/h3-10,13,17H,11H2,1-2H3/t13-/m1/s1. The topological polar surface area (TPSA) is 89.3 Å². The van der Waals surface area contributed by atoms with Crippen molar-refractivity contribution in [2.75, 3.05) is 6.54 Å². The van der Waals surface area contributed by atoms with Crippen molar-refractivity contribution in [1.29, 1.82) is 0 Å². The van der Waals surface area contributed by atoms with Crippen LogP contribution in [0.2, 0.25) is 0 Å². The Hall–Kier alpha value is -2.25. The van der Waals surface area contributed by atoms with Gasteiger partial charge in [-0.1, -0.05) is 43.3 Å². The molecule has 1 N–H and O–H groups in total. The summed E-state index contributed by atoms with van der Waals surface area (Å²) in [6.07, 6.45) is 0. The number of rotatable bonds is 6. The van der Waals surface area contributed by atoms with Crippen molar-refractivity contribution in [3.05, 3.63) is 69.8 Å². The molecule has 0 unspecified atom stereocenters. The molecule has 0 aliphatic heterocycles. The molecule has 0 saturated heterocycles. The number of nitrogens with one attached hydrogen (secondary N) is 1. The highest BCUT2D eigenvalue weighted by atomic mass is 32.2. The van der Waals surface area contributed by atoms with E-state index in [0.29, 0.717) is 5.56 Å². The summed E-state index contributed by atoms with van der Waals surface area (Å²) in [6, 6.07) is 13.4. The number of nitrogens with zero attached hydrogens (tertiary/aromatic N) is 1. The van der Waals surface area contributed by atoms with Gasteiger partial charge in [0.1, 0.15) is 0 Å². The maximum Gasteiger partial charge on any atom is 0.273 e. The van der Waals surface area contributed by atoms with Crippen molar-refractivity contribution in [2.24, 2.45) is 0 Å². The van der Waals surface area contributed by atoms with E-state index in [0.717, 1.165) is 11.6 Å². The first-order chi connectivity index (χ1) is 10.8. The zero-order chi connectivity index (χ0) is 17.0. The van der Waals surface area contributed by atoms with E-state index in [2.05, 4.69) is 4.72 Å². The fraction of sp³-hybridized carbons (Fsp3) is 0.250. The first-order valence-corrected chi connectivity index (χ1v) is 8.59. The number of nitro groups is 1. The summed E-state index contributed by atoms with van der Waals surface area (Å²) in [4.78, 5) is 10.3. The van der Waals surface area contributed by atoms with Crippen LogP contribution < -0.4 is 4.72 Å². The van der Waals surface area contributed by atoms with Gasteiger partial charge in [0, 0.05) is 18.2 Å². The minimum Gasteiger partial charge on any atom is -0.258 e. The smallest absolute Gasteiger partial charge is 0.258 e. The second-order valence-electron chi connectivity index (χ2n) is 5.37. The first kappa shape index (κ1) is 17.1. The Kier molecular flexibility index (Phi) is 5.12. The number of nitro benzene ring substituents is 1. The van der Waals surface area contributed by atoms with Crippen LogP contribution in [0.3, 0.4) is 0 Å². The van der Waals surface area contributed by atoms with E-state index in [1.54, 1.807) is 6.92 Å². The first-order valence-electron chi connectivity index (χ1n) is 7.11.